The van der Waals surface area contributed by atoms with E-state index in [0.29, 0.717) is 0 Å². The molecule has 2 rings (SSSR count). The van der Waals surface area contributed by atoms with Crippen LogP contribution in [0.3, 0.4) is 0 Å². The number of oxime groups is 2. The van der Waals surface area contributed by atoms with Gasteiger partial charge in [0, 0.05) is 0 Å². The molecular formula is C19H16F6N2O2. The normalized spacial score (nSPS) is 13.4. The van der Waals surface area contributed by atoms with Gasteiger partial charge >= 0.3 is 12.4 Å². The Morgan fingerprint density at radius 2 is 1.10 bits per heavy atom. The molecule has 0 bridgehead atoms. The minimum atomic E-state index is -4.48. The molecule has 0 atom stereocenters. The first-order chi connectivity index (χ1) is 13.5. The van der Waals surface area contributed by atoms with Gasteiger partial charge in [-0.15, -0.1) is 0 Å². The van der Waals surface area contributed by atoms with Crippen LogP contribution in [0.4, 0.5) is 26.3 Å². The Morgan fingerprint density at radius 1 is 0.724 bits per heavy atom. The molecule has 4 nitrogen and oxygen atoms in total. The van der Waals surface area contributed by atoms with Gasteiger partial charge in [0.05, 0.1) is 22.6 Å². The van der Waals surface area contributed by atoms with E-state index in [1.54, 1.807) is 0 Å². The van der Waals surface area contributed by atoms with Crippen LogP contribution in [-0.2, 0) is 22.0 Å². The molecule has 0 spiro atoms. The van der Waals surface area contributed by atoms with Gasteiger partial charge in [0.15, 0.2) is 0 Å². The third-order valence-corrected chi connectivity index (χ3v) is 3.72. The average Bonchev–Trinajstić information content (AvgIpc) is 2.66. The van der Waals surface area contributed by atoms with Gasteiger partial charge in [-0.25, -0.2) is 0 Å². The van der Waals surface area contributed by atoms with E-state index in [1.807, 2.05) is 0 Å². The highest BCUT2D eigenvalue weighted by molar-refractivity contribution is 5.99. The molecule has 0 aliphatic rings. The van der Waals surface area contributed by atoms with E-state index in [-0.39, 0.29) is 22.6 Å². The lowest BCUT2D eigenvalue weighted by atomic mass is 10.1. The van der Waals surface area contributed by atoms with E-state index in [1.165, 1.54) is 38.1 Å². The summed E-state index contributed by atoms with van der Waals surface area (Å²) < 4.78 is 76.3. The lowest BCUT2D eigenvalue weighted by Crippen LogP contribution is -2.07. The van der Waals surface area contributed by atoms with E-state index in [2.05, 4.69) is 10.3 Å². The van der Waals surface area contributed by atoms with Crippen LogP contribution in [0.25, 0.3) is 0 Å². The van der Waals surface area contributed by atoms with Crippen LogP contribution in [0.15, 0.2) is 58.8 Å². The first kappa shape index (κ1) is 22.3. The minimum absolute atomic E-state index is 0.179. The maximum Gasteiger partial charge on any atom is 0.416 e. The second-order valence-corrected chi connectivity index (χ2v) is 5.89. The number of hydrogen-bond acceptors (Lipinski definition) is 4. The molecule has 0 saturated heterocycles. The Morgan fingerprint density at radius 3 is 1.45 bits per heavy atom. The van der Waals surface area contributed by atoms with E-state index in [0.717, 1.165) is 24.3 Å². The number of alkyl halides is 6. The van der Waals surface area contributed by atoms with Crippen LogP contribution >= 0.6 is 0 Å². The Kier molecular flexibility index (Phi) is 6.89. The molecule has 0 aliphatic heterocycles. The molecule has 0 fully saturated rings. The lowest BCUT2D eigenvalue weighted by Gasteiger charge is -2.09. The number of benzene rings is 2. The zero-order valence-electron chi connectivity index (χ0n) is 15.3. The molecule has 0 N–H and O–H groups in total. The molecule has 2 aromatic rings. The predicted octanol–water partition coefficient (Wildman–Crippen LogP) is 5.86. The highest BCUT2D eigenvalue weighted by Gasteiger charge is 2.31. The first-order valence-electron chi connectivity index (χ1n) is 8.17. The zero-order valence-corrected chi connectivity index (χ0v) is 15.3. The molecule has 2 aromatic carbocycles. The van der Waals surface area contributed by atoms with Crippen molar-refractivity contribution < 1.29 is 36.0 Å². The molecule has 0 amide bonds. The fourth-order valence-corrected chi connectivity index (χ4v) is 2.22. The van der Waals surface area contributed by atoms with Crippen LogP contribution in [0.5, 0.6) is 0 Å². The summed E-state index contributed by atoms with van der Waals surface area (Å²) in [7, 11) is 0. The smallest absolute Gasteiger partial charge is 0.352 e. The molecule has 10 heteroatoms. The predicted molar refractivity (Wildman–Crippen MR) is 94.3 cm³/mol. The van der Waals surface area contributed by atoms with Crippen molar-refractivity contribution in [2.45, 2.75) is 26.2 Å². The monoisotopic (exact) mass is 418 g/mol. The summed E-state index contributed by atoms with van der Waals surface area (Å²) in [4.78, 5) is 9.67. The summed E-state index contributed by atoms with van der Waals surface area (Å²) in [6.07, 6.45) is -8.95. The van der Waals surface area contributed by atoms with Gasteiger partial charge in [-0.3, -0.25) is 0 Å². The molecule has 0 aromatic heterocycles. The SMILES string of the molecule is C/C(=N/OCO/N=C(/C)c1cccc(C(F)(F)F)c1)c1cccc(C(F)(F)F)c1. The maximum atomic E-state index is 12.7. The van der Waals surface area contributed by atoms with Crippen LogP contribution in [0.1, 0.15) is 36.1 Å². The van der Waals surface area contributed by atoms with Gasteiger partial charge in [0.2, 0.25) is 0 Å². The van der Waals surface area contributed by atoms with Gasteiger partial charge in [-0.05, 0) is 49.2 Å². The Hall–Kier alpha value is -3.04. The molecule has 156 valence electrons. The maximum absolute atomic E-state index is 12.7. The van der Waals surface area contributed by atoms with Gasteiger partial charge in [-0.2, -0.15) is 26.3 Å². The van der Waals surface area contributed by atoms with Crippen molar-refractivity contribution in [1.29, 1.82) is 0 Å². The number of nitrogens with zero attached hydrogens (tertiary/aromatic N) is 2. The van der Waals surface area contributed by atoms with Crippen molar-refractivity contribution in [2.24, 2.45) is 10.3 Å². The van der Waals surface area contributed by atoms with Gasteiger partial charge in [-0.1, -0.05) is 34.6 Å². The van der Waals surface area contributed by atoms with Crippen molar-refractivity contribution in [3.63, 3.8) is 0 Å². The Balaban J connectivity index is 1.95. The summed E-state index contributed by atoms with van der Waals surface area (Å²) in [6, 6.07) is 9.10. The van der Waals surface area contributed by atoms with Crippen molar-refractivity contribution in [1.82, 2.24) is 0 Å². The van der Waals surface area contributed by atoms with Crippen molar-refractivity contribution in [3.8, 4) is 0 Å². The summed E-state index contributed by atoms with van der Waals surface area (Å²) >= 11 is 0. The van der Waals surface area contributed by atoms with Crippen LogP contribution in [0.2, 0.25) is 0 Å². The van der Waals surface area contributed by atoms with Crippen LogP contribution in [-0.4, -0.2) is 18.2 Å². The molecule has 0 heterocycles. The van der Waals surface area contributed by atoms with Crippen LogP contribution in [0, 0.1) is 0 Å². The van der Waals surface area contributed by atoms with Crippen LogP contribution < -0.4 is 0 Å². The lowest BCUT2D eigenvalue weighted by molar-refractivity contribution is -0.138. The topological polar surface area (TPSA) is 43.2 Å². The highest BCUT2D eigenvalue weighted by atomic mass is 19.4. The van der Waals surface area contributed by atoms with Crippen molar-refractivity contribution in [3.05, 3.63) is 70.8 Å². The molecule has 0 radical (unpaired) electrons. The molecular weight excluding hydrogens is 402 g/mol. The van der Waals surface area contributed by atoms with E-state index >= 15 is 0 Å². The van der Waals surface area contributed by atoms with Gasteiger partial charge in [0.25, 0.3) is 6.79 Å². The van der Waals surface area contributed by atoms with E-state index < -0.39 is 30.3 Å². The quantitative estimate of drug-likeness (QED) is 0.194. The average molecular weight is 418 g/mol. The molecule has 0 unspecified atom stereocenters. The fraction of sp³-hybridized carbons (Fsp3) is 0.263. The number of hydrogen-bond donors (Lipinski definition) is 0. The van der Waals surface area contributed by atoms with Crippen molar-refractivity contribution >= 4 is 11.4 Å². The summed E-state index contributed by atoms with van der Waals surface area (Å²) in [5, 5.41) is 7.28. The summed E-state index contributed by atoms with van der Waals surface area (Å²) in [5.74, 6) is 0. The Bertz CT molecular complexity index is 831. The van der Waals surface area contributed by atoms with E-state index in [4.69, 9.17) is 9.68 Å². The highest BCUT2D eigenvalue weighted by Crippen LogP contribution is 2.30. The minimum Gasteiger partial charge on any atom is -0.352 e. The Labute approximate surface area is 162 Å². The van der Waals surface area contributed by atoms with Gasteiger partial charge < -0.3 is 9.68 Å². The standard InChI is InChI=1S/C19H16F6N2O2/c1-12(14-5-3-7-16(9-14)18(20,21)22)26-28-11-29-27-13(2)15-6-4-8-17(10-15)19(23,24)25/h3-10H,11H2,1-2H3/b26-12-,27-13-. The first-order valence-corrected chi connectivity index (χ1v) is 8.17. The molecule has 0 aliphatic carbocycles. The third-order valence-electron chi connectivity index (χ3n) is 3.72. The third kappa shape index (κ3) is 6.51. The number of halogens is 6. The summed E-state index contributed by atoms with van der Waals surface area (Å²) in [6.45, 7) is 2.42. The second kappa shape index (κ2) is 8.97. The number of rotatable bonds is 6. The fourth-order valence-electron chi connectivity index (χ4n) is 2.22. The largest absolute Gasteiger partial charge is 0.416 e. The summed E-state index contributed by atoms with van der Waals surface area (Å²) in [5.41, 5.74) is -0.854. The van der Waals surface area contributed by atoms with Crippen molar-refractivity contribution in [2.75, 3.05) is 6.79 Å². The van der Waals surface area contributed by atoms with Gasteiger partial charge in [0.1, 0.15) is 0 Å². The molecule has 0 saturated carbocycles. The van der Waals surface area contributed by atoms with E-state index in [9.17, 15) is 26.3 Å². The zero-order chi connectivity index (χ0) is 21.7. The second-order valence-electron chi connectivity index (χ2n) is 5.89. The molecule has 29 heavy (non-hydrogen) atoms.